The van der Waals surface area contributed by atoms with Gasteiger partial charge in [0.15, 0.2) is 0 Å². The summed E-state index contributed by atoms with van der Waals surface area (Å²) in [5.74, 6) is 1.66. The van der Waals surface area contributed by atoms with E-state index < -0.39 is 24.0 Å². The summed E-state index contributed by atoms with van der Waals surface area (Å²) in [4.78, 5) is 49.5. The summed E-state index contributed by atoms with van der Waals surface area (Å²) in [7, 11) is 0. The fourth-order valence-corrected chi connectivity index (χ4v) is 5.07. The summed E-state index contributed by atoms with van der Waals surface area (Å²) in [5.41, 5.74) is 0.476. The van der Waals surface area contributed by atoms with Crippen LogP contribution in [0.5, 0.6) is 0 Å². The smallest absolute Gasteiger partial charge is 0.251 e. The van der Waals surface area contributed by atoms with Gasteiger partial charge in [0, 0.05) is 17.1 Å². The standard InChI is InChI=1S/C22H31N3O4S2/c1-2-18-21(28)23-17(13-26)14-30-11-7-4-8-12-31-15-19(22(29)24-18)25-20(27)16-9-5-3-6-10-16/h3,5-6,9-10,13,17-19H,2,4,7-8,11-12,14-15H2,1H3,(H,23,28)(H,24,29)(H,25,27)/t17?,18?,19-/m0/s1. The van der Waals surface area contributed by atoms with Crippen molar-refractivity contribution in [1.82, 2.24) is 16.0 Å². The molecule has 9 heteroatoms. The van der Waals surface area contributed by atoms with Gasteiger partial charge in [-0.1, -0.05) is 31.5 Å². The van der Waals surface area contributed by atoms with Gasteiger partial charge < -0.3 is 20.7 Å². The van der Waals surface area contributed by atoms with E-state index >= 15 is 0 Å². The molecule has 1 aromatic rings. The molecule has 1 saturated heterocycles. The monoisotopic (exact) mass is 465 g/mol. The summed E-state index contributed by atoms with van der Waals surface area (Å²) < 4.78 is 0. The molecule has 1 fully saturated rings. The number of hydrogen-bond acceptors (Lipinski definition) is 6. The molecule has 1 aliphatic rings. The first-order chi connectivity index (χ1) is 15.0. The Morgan fingerprint density at radius 1 is 1.03 bits per heavy atom. The number of rotatable bonds is 4. The first kappa shape index (κ1) is 25.3. The first-order valence-corrected chi connectivity index (χ1v) is 12.9. The average molecular weight is 466 g/mol. The highest BCUT2D eigenvalue weighted by atomic mass is 32.2. The summed E-state index contributed by atoms with van der Waals surface area (Å²) in [5, 5.41) is 8.27. The van der Waals surface area contributed by atoms with E-state index in [1.807, 2.05) is 6.07 Å². The normalized spacial score (nSPS) is 24.5. The van der Waals surface area contributed by atoms with Crippen LogP contribution in [-0.2, 0) is 14.4 Å². The second-order valence-corrected chi connectivity index (χ2v) is 9.62. The minimum Gasteiger partial charge on any atom is -0.344 e. The molecule has 0 aliphatic carbocycles. The molecule has 0 radical (unpaired) electrons. The molecule has 2 unspecified atom stereocenters. The third kappa shape index (κ3) is 8.95. The molecular formula is C22H31N3O4S2. The van der Waals surface area contributed by atoms with Gasteiger partial charge in [-0.05, 0) is 42.9 Å². The van der Waals surface area contributed by atoms with Crippen molar-refractivity contribution in [2.45, 2.75) is 50.7 Å². The van der Waals surface area contributed by atoms with Crippen LogP contribution in [0.4, 0.5) is 0 Å². The number of benzene rings is 1. The maximum absolute atomic E-state index is 12.9. The highest BCUT2D eigenvalue weighted by molar-refractivity contribution is 7.99. The van der Waals surface area contributed by atoms with Gasteiger partial charge in [0.2, 0.25) is 11.8 Å². The van der Waals surface area contributed by atoms with Crippen molar-refractivity contribution in [2.75, 3.05) is 23.0 Å². The lowest BCUT2D eigenvalue weighted by Crippen LogP contribution is -2.55. The van der Waals surface area contributed by atoms with Gasteiger partial charge in [-0.2, -0.15) is 23.5 Å². The summed E-state index contributed by atoms with van der Waals surface area (Å²) in [6.07, 6.45) is 4.24. The van der Waals surface area contributed by atoms with Crippen LogP contribution in [0.1, 0.15) is 43.0 Å². The van der Waals surface area contributed by atoms with E-state index in [4.69, 9.17) is 0 Å². The van der Waals surface area contributed by atoms with E-state index in [-0.39, 0.29) is 11.8 Å². The zero-order valence-electron chi connectivity index (χ0n) is 17.8. The summed E-state index contributed by atoms with van der Waals surface area (Å²) >= 11 is 3.27. The molecule has 0 bridgehead atoms. The van der Waals surface area contributed by atoms with E-state index in [0.717, 1.165) is 37.1 Å². The Hall–Kier alpha value is -2.00. The van der Waals surface area contributed by atoms with Crippen LogP contribution in [0.15, 0.2) is 30.3 Å². The highest BCUT2D eigenvalue weighted by Gasteiger charge is 2.27. The molecule has 2 rings (SSSR count). The third-order valence-corrected chi connectivity index (χ3v) is 7.17. The summed E-state index contributed by atoms with van der Waals surface area (Å²) in [6.45, 7) is 1.79. The fraction of sp³-hybridized carbons (Fsp3) is 0.545. The zero-order chi connectivity index (χ0) is 22.5. The molecule has 3 atom stereocenters. The van der Waals surface area contributed by atoms with Crippen molar-refractivity contribution in [2.24, 2.45) is 0 Å². The number of thioether (sulfide) groups is 2. The Bertz CT molecular complexity index is 733. The largest absolute Gasteiger partial charge is 0.344 e. The van der Waals surface area contributed by atoms with Crippen molar-refractivity contribution in [3.8, 4) is 0 Å². The number of amides is 3. The molecular weight excluding hydrogens is 434 g/mol. The molecule has 3 N–H and O–H groups in total. The minimum absolute atomic E-state index is 0.328. The molecule has 7 nitrogen and oxygen atoms in total. The fourth-order valence-electron chi connectivity index (χ4n) is 3.03. The molecule has 0 saturated carbocycles. The topological polar surface area (TPSA) is 104 Å². The van der Waals surface area contributed by atoms with E-state index in [0.29, 0.717) is 23.5 Å². The number of hydrogen-bond donors (Lipinski definition) is 3. The van der Waals surface area contributed by atoms with Crippen LogP contribution in [0.25, 0.3) is 0 Å². The summed E-state index contributed by atoms with van der Waals surface area (Å²) in [6, 6.07) is 6.62. The first-order valence-electron chi connectivity index (χ1n) is 10.6. The maximum atomic E-state index is 12.9. The molecule has 1 heterocycles. The lowest BCUT2D eigenvalue weighted by Gasteiger charge is -2.23. The van der Waals surface area contributed by atoms with Crippen LogP contribution in [-0.4, -0.2) is 65.1 Å². The quantitative estimate of drug-likeness (QED) is 0.588. The molecule has 3 amide bonds. The van der Waals surface area contributed by atoms with Crippen LogP contribution >= 0.6 is 23.5 Å². The van der Waals surface area contributed by atoms with Crippen molar-refractivity contribution in [1.29, 1.82) is 0 Å². The Labute approximate surface area is 192 Å². The van der Waals surface area contributed by atoms with Crippen molar-refractivity contribution >= 4 is 47.5 Å². The Morgan fingerprint density at radius 3 is 2.35 bits per heavy atom. The van der Waals surface area contributed by atoms with Gasteiger partial charge in [-0.25, -0.2) is 0 Å². The van der Waals surface area contributed by atoms with E-state index in [2.05, 4.69) is 16.0 Å². The minimum atomic E-state index is -0.769. The highest BCUT2D eigenvalue weighted by Crippen LogP contribution is 2.13. The Morgan fingerprint density at radius 2 is 1.71 bits per heavy atom. The second-order valence-electron chi connectivity index (χ2n) is 7.32. The van der Waals surface area contributed by atoms with Gasteiger partial charge in [0.1, 0.15) is 18.4 Å². The van der Waals surface area contributed by atoms with Crippen LogP contribution in [0.3, 0.4) is 0 Å². The number of nitrogens with one attached hydrogen (secondary N) is 3. The van der Waals surface area contributed by atoms with Gasteiger partial charge >= 0.3 is 0 Å². The SMILES string of the molecule is CCC1NC(=O)[C@@H](NC(=O)c2ccccc2)CSCCCCCSCC(C=O)NC1=O. The molecule has 170 valence electrons. The number of carbonyl (C=O) groups is 4. The van der Waals surface area contributed by atoms with Crippen LogP contribution < -0.4 is 16.0 Å². The zero-order valence-corrected chi connectivity index (χ0v) is 19.4. The van der Waals surface area contributed by atoms with Gasteiger partial charge in [0.25, 0.3) is 5.91 Å². The van der Waals surface area contributed by atoms with Crippen molar-refractivity contribution in [3.05, 3.63) is 35.9 Å². The molecule has 31 heavy (non-hydrogen) atoms. The van der Waals surface area contributed by atoms with Crippen LogP contribution in [0.2, 0.25) is 0 Å². The Kier molecular flexibility index (Phi) is 11.5. The number of aldehydes is 1. The molecule has 0 spiro atoms. The number of carbonyl (C=O) groups excluding carboxylic acids is 4. The predicted octanol–water partition coefficient (Wildman–Crippen LogP) is 2.01. The average Bonchev–Trinajstić information content (AvgIpc) is 2.79. The van der Waals surface area contributed by atoms with Crippen molar-refractivity contribution < 1.29 is 19.2 Å². The third-order valence-electron chi connectivity index (χ3n) is 4.85. The Balaban J connectivity index is 2.11. The molecule has 1 aromatic carbocycles. The van der Waals surface area contributed by atoms with Crippen molar-refractivity contribution in [3.63, 3.8) is 0 Å². The van der Waals surface area contributed by atoms with Gasteiger partial charge in [0.05, 0.1) is 6.04 Å². The van der Waals surface area contributed by atoms with E-state index in [1.54, 1.807) is 54.7 Å². The van der Waals surface area contributed by atoms with Gasteiger partial charge in [-0.15, -0.1) is 0 Å². The lowest BCUT2D eigenvalue weighted by molar-refractivity contribution is -0.130. The van der Waals surface area contributed by atoms with E-state index in [9.17, 15) is 19.2 Å². The van der Waals surface area contributed by atoms with E-state index in [1.165, 1.54) is 0 Å². The maximum Gasteiger partial charge on any atom is 0.251 e. The predicted molar refractivity (Wildman–Crippen MR) is 126 cm³/mol. The second kappa shape index (κ2) is 14.1. The molecule has 0 aromatic heterocycles. The van der Waals surface area contributed by atoms with Crippen LogP contribution in [0, 0.1) is 0 Å². The lowest BCUT2D eigenvalue weighted by atomic mass is 10.1. The van der Waals surface area contributed by atoms with Gasteiger partial charge in [-0.3, -0.25) is 14.4 Å². The molecule has 1 aliphatic heterocycles.